The number of nitrogens with zero attached hydrogens (tertiary/aromatic N) is 1. The molecule has 1 aromatic carbocycles. The molecular formula is C15H22N2O2S. The molecule has 0 aliphatic carbocycles. The van der Waals surface area contributed by atoms with Gasteiger partial charge in [-0.2, -0.15) is 0 Å². The molecule has 1 saturated heterocycles. The highest BCUT2D eigenvalue weighted by Gasteiger charge is 2.42. The Morgan fingerprint density at radius 3 is 2.40 bits per heavy atom. The molecule has 1 fully saturated rings. The van der Waals surface area contributed by atoms with Gasteiger partial charge in [0.05, 0.1) is 7.11 Å². The van der Waals surface area contributed by atoms with Gasteiger partial charge < -0.3 is 20.1 Å². The van der Waals surface area contributed by atoms with Crippen molar-refractivity contribution in [2.75, 3.05) is 7.11 Å². The first-order valence-electron chi connectivity index (χ1n) is 6.69. The summed E-state index contributed by atoms with van der Waals surface area (Å²) in [6, 6.07) is 7.79. The van der Waals surface area contributed by atoms with Crippen molar-refractivity contribution in [2.24, 2.45) is 0 Å². The fraction of sp³-hybridized carbons (Fsp3) is 0.533. The van der Waals surface area contributed by atoms with Crippen LogP contribution in [-0.4, -0.2) is 33.5 Å². The summed E-state index contributed by atoms with van der Waals surface area (Å²) in [5.74, 6) is 0.820. The first-order valence-corrected chi connectivity index (χ1v) is 7.09. The fourth-order valence-electron chi connectivity index (χ4n) is 2.71. The molecule has 20 heavy (non-hydrogen) atoms. The van der Waals surface area contributed by atoms with E-state index in [1.807, 2.05) is 49.9 Å². The van der Waals surface area contributed by atoms with Crippen LogP contribution in [0.2, 0.25) is 0 Å². The summed E-state index contributed by atoms with van der Waals surface area (Å²) in [6.07, 6.45) is 0.607. The SMILES string of the molecule is COc1ccc(CN2C(=S)NC(C)(C)C[C@@]2(C)O)cc1. The van der Waals surface area contributed by atoms with Gasteiger partial charge in [-0.05, 0) is 50.7 Å². The fourth-order valence-corrected chi connectivity index (χ4v) is 3.25. The maximum absolute atomic E-state index is 10.7. The Balaban J connectivity index is 2.16. The Hall–Kier alpha value is -1.33. The van der Waals surface area contributed by atoms with Gasteiger partial charge in [-0.15, -0.1) is 0 Å². The Labute approximate surface area is 125 Å². The summed E-state index contributed by atoms with van der Waals surface area (Å²) in [5, 5.41) is 14.5. The van der Waals surface area contributed by atoms with Crippen LogP contribution in [0.3, 0.4) is 0 Å². The predicted octanol–water partition coefficient (Wildman–Crippen LogP) is 2.26. The summed E-state index contributed by atoms with van der Waals surface area (Å²) in [6.45, 7) is 6.46. The van der Waals surface area contributed by atoms with Gasteiger partial charge in [0, 0.05) is 18.5 Å². The molecule has 5 heteroatoms. The zero-order valence-corrected chi connectivity index (χ0v) is 13.3. The lowest BCUT2D eigenvalue weighted by Crippen LogP contribution is -2.65. The van der Waals surface area contributed by atoms with E-state index in [1.165, 1.54) is 0 Å². The van der Waals surface area contributed by atoms with Crippen molar-refractivity contribution in [1.29, 1.82) is 0 Å². The van der Waals surface area contributed by atoms with Gasteiger partial charge in [-0.3, -0.25) is 0 Å². The van der Waals surface area contributed by atoms with Gasteiger partial charge in [-0.25, -0.2) is 0 Å². The standard InChI is InChI=1S/C15H22N2O2S/c1-14(2)10-15(3,18)17(13(20)16-14)9-11-5-7-12(19-4)8-6-11/h5-8,18H,9-10H2,1-4H3,(H,16,20)/t15-/m1/s1. The van der Waals surface area contributed by atoms with Gasteiger partial charge >= 0.3 is 0 Å². The highest BCUT2D eigenvalue weighted by molar-refractivity contribution is 7.80. The lowest BCUT2D eigenvalue weighted by molar-refractivity contribution is -0.0921. The molecule has 4 nitrogen and oxygen atoms in total. The summed E-state index contributed by atoms with van der Waals surface area (Å²) in [5.41, 5.74) is -0.0714. The molecule has 0 unspecified atom stereocenters. The predicted molar refractivity (Wildman–Crippen MR) is 83.6 cm³/mol. The molecule has 0 aromatic heterocycles. The molecule has 0 bridgehead atoms. The smallest absolute Gasteiger partial charge is 0.171 e. The van der Waals surface area contributed by atoms with Gasteiger partial charge in [0.2, 0.25) is 0 Å². The maximum Gasteiger partial charge on any atom is 0.171 e. The van der Waals surface area contributed by atoms with Crippen LogP contribution in [0.15, 0.2) is 24.3 Å². The van der Waals surface area contributed by atoms with E-state index in [1.54, 1.807) is 7.11 Å². The zero-order chi connectivity index (χ0) is 15.0. The minimum Gasteiger partial charge on any atom is -0.497 e. The second-order valence-corrected chi connectivity index (χ2v) is 6.53. The normalized spacial score (nSPS) is 25.2. The van der Waals surface area contributed by atoms with E-state index in [-0.39, 0.29) is 5.54 Å². The number of nitrogens with one attached hydrogen (secondary N) is 1. The largest absolute Gasteiger partial charge is 0.497 e. The third-order valence-corrected chi connectivity index (χ3v) is 3.87. The van der Waals surface area contributed by atoms with Crippen LogP contribution < -0.4 is 10.1 Å². The van der Waals surface area contributed by atoms with Crippen LogP contribution in [0, 0.1) is 0 Å². The number of aliphatic hydroxyl groups is 1. The molecule has 0 spiro atoms. The minimum atomic E-state index is -0.953. The summed E-state index contributed by atoms with van der Waals surface area (Å²) < 4.78 is 5.15. The van der Waals surface area contributed by atoms with Crippen molar-refractivity contribution in [3.05, 3.63) is 29.8 Å². The highest BCUT2D eigenvalue weighted by atomic mass is 32.1. The molecule has 0 amide bonds. The Kier molecular flexibility index (Phi) is 3.93. The van der Waals surface area contributed by atoms with Crippen LogP contribution in [0.5, 0.6) is 5.75 Å². The molecule has 0 saturated carbocycles. The van der Waals surface area contributed by atoms with Crippen molar-refractivity contribution in [2.45, 2.75) is 45.0 Å². The molecule has 1 heterocycles. The van der Waals surface area contributed by atoms with Crippen LogP contribution in [-0.2, 0) is 6.54 Å². The minimum absolute atomic E-state index is 0.197. The number of hydrogen-bond donors (Lipinski definition) is 2. The van der Waals surface area contributed by atoms with E-state index in [9.17, 15) is 5.11 Å². The molecule has 0 radical (unpaired) electrons. The summed E-state index contributed by atoms with van der Waals surface area (Å²) in [4.78, 5) is 1.83. The lowest BCUT2D eigenvalue weighted by atomic mass is 9.90. The number of thiocarbonyl (C=S) groups is 1. The first-order chi connectivity index (χ1) is 9.23. The van der Waals surface area contributed by atoms with Crippen LogP contribution in [0.1, 0.15) is 32.8 Å². The molecule has 1 atom stereocenters. The molecular weight excluding hydrogens is 272 g/mol. The number of rotatable bonds is 3. The Morgan fingerprint density at radius 1 is 1.30 bits per heavy atom. The van der Waals surface area contributed by atoms with Crippen LogP contribution in [0.25, 0.3) is 0 Å². The number of methoxy groups -OCH3 is 1. The molecule has 1 aliphatic heterocycles. The van der Waals surface area contributed by atoms with Gasteiger partial charge in [-0.1, -0.05) is 12.1 Å². The number of ether oxygens (including phenoxy) is 1. The van der Waals surface area contributed by atoms with Crippen molar-refractivity contribution in [1.82, 2.24) is 10.2 Å². The summed E-state index contributed by atoms with van der Waals surface area (Å²) >= 11 is 5.40. The van der Waals surface area contributed by atoms with E-state index >= 15 is 0 Å². The molecule has 2 rings (SSSR count). The second kappa shape index (κ2) is 5.22. The first kappa shape index (κ1) is 15.1. The molecule has 2 N–H and O–H groups in total. The third kappa shape index (κ3) is 3.22. The van der Waals surface area contributed by atoms with Crippen molar-refractivity contribution >= 4 is 17.3 Å². The average Bonchev–Trinajstić information content (AvgIpc) is 2.32. The molecule has 1 aliphatic rings. The topological polar surface area (TPSA) is 44.7 Å². The zero-order valence-electron chi connectivity index (χ0n) is 12.4. The quantitative estimate of drug-likeness (QED) is 0.837. The highest BCUT2D eigenvalue weighted by Crippen LogP contribution is 2.30. The molecule has 110 valence electrons. The van der Waals surface area contributed by atoms with Crippen molar-refractivity contribution < 1.29 is 9.84 Å². The van der Waals surface area contributed by atoms with E-state index in [0.29, 0.717) is 18.1 Å². The third-order valence-electron chi connectivity index (χ3n) is 3.55. The monoisotopic (exact) mass is 294 g/mol. The maximum atomic E-state index is 10.7. The molecule has 1 aromatic rings. The Bertz CT molecular complexity index is 497. The second-order valence-electron chi connectivity index (χ2n) is 6.14. The van der Waals surface area contributed by atoms with Crippen LogP contribution >= 0.6 is 12.2 Å². The van der Waals surface area contributed by atoms with Crippen molar-refractivity contribution in [3.63, 3.8) is 0 Å². The van der Waals surface area contributed by atoms with Gasteiger partial charge in [0.1, 0.15) is 11.5 Å². The van der Waals surface area contributed by atoms with Gasteiger partial charge in [0.25, 0.3) is 0 Å². The average molecular weight is 294 g/mol. The van der Waals surface area contributed by atoms with E-state index in [0.717, 1.165) is 11.3 Å². The number of hydrogen-bond acceptors (Lipinski definition) is 3. The van der Waals surface area contributed by atoms with E-state index in [4.69, 9.17) is 17.0 Å². The van der Waals surface area contributed by atoms with E-state index in [2.05, 4.69) is 5.32 Å². The van der Waals surface area contributed by atoms with Gasteiger partial charge in [0.15, 0.2) is 5.11 Å². The number of benzene rings is 1. The Morgan fingerprint density at radius 2 is 1.90 bits per heavy atom. The van der Waals surface area contributed by atoms with Crippen LogP contribution in [0.4, 0.5) is 0 Å². The van der Waals surface area contributed by atoms with Crippen molar-refractivity contribution in [3.8, 4) is 5.75 Å². The summed E-state index contributed by atoms with van der Waals surface area (Å²) in [7, 11) is 1.64. The van der Waals surface area contributed by atoms with E-state index < -0.39 is 5.72 Å². The lowest BCUT2D eigenvalue weighted by Gasteiger charge is -2.49.